The smallest absolute Gasteiger partial charge is 0.321 e. The number of carbonyl (C=O) groups excluding carboxylic acids is 1. The number of urea groups is 1. The second kappa shape index (κ2) is 7.39. The molecule has 0 unspecified atom stereocenters. The van der Waals surface area contributed by atoms with Crippen molar-refractivity contribution in [2.45, 2.75) is 32.1 Å². The summed E-state index contributed by atoms with van der Waals surface area (Å²) in [5.41, 5.74) is 1.35. The van der Waals surface area contributed by atoms with Crippen molar-refractivity contribution in [1.82, 2.24) is 10.2 Å². The average molecular weight is 280 g/mol. The molecule has 3 nitrogen and oxygen atoms in total. The Labute approximate surface area is 119 Å². The summed E-state index contributed by atoms with van der Waals surface area (Å²) in [6, 6.07) is 8.04. The highest BCUT2D eigenvalue weighted by molar-refractivity contribution is 6.30. The van der Waals surface area contributed by atoms with Gasteiger partial charge in [-0.1, -0.05) is 36.6 Å². The quantitative estimate of drug-likeness (QED) is 0.704. The number of hydrogen-bond acceptors (Lipinski definition) is 1. The van der Waals surface area contributed by atoms with Gasteiger partial charge in [-0.05, 0) is 37.0 Å². The number of unbranched alkanes of at least 4 members (excludes halogenated alkanes) is 3. The van der Waals surface area contributed by atoms with Crippen molar-refractivity contribution in [3.63, 3.8) is 0 Å². The Morgan fingerprint density at radius 1 is 1.11 bits per heavy atom. The summed E-state index contributed by atoms with van der Waals surface area (Å²) < 4.78 is 0. The molecule has 1 heterocycles. The van der Waals surface area contributed by atoms with Crippen molar-refractivity contribution in [3.8, 4) is 0 Å². The Morgan fingerprint density at radius 2 is 1.84 bits per heavy atom. The van der Waals surface area contributed by atoms with E-state index in [0.717, 1.165) is 31.0 Å². The summed E-state index contributed by atoms with van der Waals surface area (Å²) in [5.74, 6) is 0. The van der Waals surface area contributed by atoms with Crippen LogP contribution in [0.3, 0.4) is 0 Å². The Bertz CT molecular complexity index is 405. The first kappa shape index (κ1) is 14.2. The lowest BCUT2D eigenvalue weighted by Gasteiger charge is -2.12. The Morgan fingerprint density at radius 3 is 2.53 bits per heavy atom. The van der Waals surface area contributed by atoms with E-state index < -0.39 is 0 Å². The zero-order chi connectivity index (χ0) is 13.5. The SMILES string of the molecule is O=C1[N]CCN1CCCCCCc1ccc(Cl)cc1. The number of carbonyl (C=O) groups is 1. The first-order valence-electron chi connectivity index (χ1n) is 6.96. The van der Waals surface area contributed by atoms with Gasteiger partial charge < -0.3 is 4.90 Å². The summed E-state index contributed by atoms with van der Waals surface area (Å²) in [5, 5.41) is 4.65. The zero-order valence-electron chi connectivity index (χ0n) is 11.1. The molecular weight excluding hydrogens is 260 g/mol. The van der Waals surface area contributed by atoms with Crippen LogP contribution < -0.4 is 5.32 Å². The van der Waals surface area contributed by atoms with Crippen LogP contribution in [0.2, 0.25) is 5.02 Å². The summed E-state index contributed by atoms with van der Waals surface area (Å²) >= 11 is 5.85. The van der Waals surface area contributed by atoms with E-state index >= 15 is 0 Å². The number of benzene rings is 1. The lowest BCUT2D eigenvalue weighted by molar-refractivity contribution is 0.216. The summed E-state index contributed by atoms with van der Waals surface area (Å²) in [6.07, 6.45) is 5.77. The second-order valence-electron chi connectivity index (χ2n) is 4.94. The molecule has 0 saturated carbocycles. The second-order valence-corrected chi connectivity index (χ2v) is 5.38. The normalized spacial score (nSPS) is 14.8. The van der Waals surface area contributed by atoms with Crippen molar-refractivity contribution in [3.05, 3.63) is 34.9 Å². The topological polar surface area (TPSA) is 34.4 Å². The standard InChI is InChI=1S/C15H20ClN2O/c16-14-8-6-13(7-9-14)5-3-1-2-4-11-18-12-10-17-15(18)19/h6-9H,1-5,10-12H2. The van der Waals surface area contributed by atoms with Gasteiger partial charge in [0.05, 0.1) is 6.54 Å². The average Bonchev–Trinajstić information content (AvgIpc) is 2.81. The van der Waals surface area contributed by atoms with Crippen LogP contribution in [-0.2, 0) is 6.42 Å². The van der Waals surface area contributed by atoms with Gasteiger partial charge in [0.1, 0.15) is 0 Å². The number of halogens is 1. The van der Waals surface area contributed by atoms with Crippen LogP contribution in [0.5, 0.6) is 0 Å². The third kappa shape index (κ3) is 4.75. The van der Waals surface area contributed by atoms with Crippen LogP contribution >= 0.6 is 11.6 Å². The Kier molecular flexibility index (Phi) is 5.52. The molecule has 0 atom stereocenters. The zero-order valence-corrected chi connectivity index (χ0v) is 11.9. The van der Waals surface area contributed by atoms with Gasteiger partial charge in [-0.25, -0.2) is 10.1 Å². The van der Waals surface area contributed by atoms with Gasteiger partial charge in [-0.15, -0.1) is 0 Å². The largest absolute Gasteiger partial charge is 0.339 e. The van der Waals surface area contributed by atoms with E-state index in [0.29, 0.717) is 6.54 Å². The van der Waals surface area contributed by atoms with E-state index in [1.54, 1.807) is 0 Å². The summed E-state index contributed by atoms with van der Waals surface area (Å²) in [7, 11) is 0. The number of aryl methyl sites for hydroxylation is 1. The maximum Gasteiger partial charge on any atom is 0.339 e. The molecule has 2 rings (SSSR count). The highest BCUT2D eigenvalue weighted by Gasteiger charge is 2.19. The molecule has 2 amide bonds. The number of amides is 2. The molecule has 1 aromatic rings. The van der Waals surface area contributed by atoms with E-state index in [4.69, 9.17) is 11.6 Å². The first-order chi connectivity index (χ1) is 9.25. The fourth-order valence-corrected chi connectivity index (χ4v) is 2.43. The molecule has 1 aliphatic rings. The van der Waals surface area contributed by atoms with Gasteiger partial charge in [0.2, 0.25) is 0 Å². The van der Waals surface area contributed by atoms with Crippen LogP contribution in [-0.4, -0.2) is 30.6 Å². The molecule has 0 N–H and O–H groups in total. The number of rotatable bonds is 7. The van der Waals surface area contributed by atoms with Crippen molar-refractivity contribution in [2.75, 3.05) is 19.6 Å². The molecule has 19 heavy (non-hydrogen) atoms. The highest BCUT2D eigenvalue weighted by atomic mass is 35.5. The maximum atomic E-state index is 11.3. The van der Waals surface area contributed by atoms with Crippen molar-refractivity contribution >= 4 is 17.6 Å². The molecule has 0 bridgehead atoms. The predicted octanol–water partition coefficient (Wildman–Crippen LogP) is 3.48. The highest BCUT2D eigenvalue weighted by Crippen LogP contribution is 2.13. The molecule has 4 heteroatoms. The van der Waals surface area contributed by atoms with E-state index in [9.17, 15) is 4.79 Å². The fraction of sp³-hybridized carbons (Fsp3) is 0.533. The first-order valence-corrected chi connectivity index (χ1v) is 7.34. The lowest BCUT2D eigenvalue weighted by atomic mass is 10.1. The molecule has 1 fully saturated rings. The predicted molar refractivity (Wildman–Crippen MR) is 77.6 cm³/mol. The van der Waals surface area contributed by atoms with Gasteiger partial charge in [0.25, 0.3) is 0 Å². The van der Waals surface area contributed by atoms with E-state index in [1.165, 1.54) is 24.8 Å². The molecular formula is C15H20ClN2O. The van der Waals surface area contributed by atoms with Crippen LogP contribution in [0.25, 0.3) is 0 Å². The molecule has 0 aliphatic carbocycles. The molecule has 1 aromatic carbocycles. The minimum Gasteiger partial charge on any atom is -0.321 e. The Balaban J connectivity index is 1.52. The third-order valence-corrected chi connectivity index (χ3v) is 3.70. The van der Waals surface area contributed by atoms with Crippen LogP contribution in [0.1, 0.15) is 31.2 Å². The van der Waals surface area contributed by atoms with Crippen molar-refractivity contribution < 1.29 is 4.79 Å². The van der Waals surface area contributed by atoms with Crippen molar-refractivity contribution in [2.24, 2.45) is 0 Å². The maximum absolute atomic E-state index is 11.3. The number of nitrogens with zero attached hydrogens (tertiary/aromatic N) is 2. The minimum atomic E-state index is -0.0267. The fourth-order valence-electron chi connectivity index (χ4n) is 2.31. The van der Waals surface area contributed by atoms with Gasteiger partial charge in [0.15, 0.2) is 0 Å². The molecule has 1 saturated heterocycles. The van der Waals surface area contributed by atoms with Gasteiger partial charge in [-0.3, -0.25) is 0 Å². The minimum absolute atomic E-state index is 0.0267. The summed E-state index contributed by atoms with van der Waals surface area (Å²) in [6.45, 7) is 2.35. The third-order valence-electron chi connectivity index (χ3n) is 3.44. The van der Waals surface area contributed by atoms with E-state index in [-0.39, 0.29) is 6.03 Å². The van der Waals surface area contributed by atoms with Crippen LogP contribution in [0.4, 0.5) is 4.79 Å². The molecule has 1 aliphatic heterocycles. The lowest BCUT2D eigenvalue weighted by Crippen LogP contribution is -2.26. The van der Waals surface area contributed by atoms with Gasteiger partial charge in [0, 0.05) is 18.1 Å². The molecule has 0 aromatic heterocycles. The van der Waals surface area contributed by atoms with E-state index in [1.807, 2.05) is 17.0 Å². The molecule has 103 valence electrons. The monoisotopic (exact) mass is 279 g/mol. The van der Waals surface area contributed by atoms with E-state index in [2.05, 4.69) is 17.4 Å². The molecule has 0 spiro atoms. The molecule has 1 radical (unpaired) electrons. The summed E-state index contributed by atoms with van der Waals surface area (Å²) in [4.78, 5) is 13.1. The van der Waals surface area contributed by atoms with Crippen LogP contribution in [0.15, 0.2) is 24.3 Å². The van der Waals surface area contributed by atoms with Gasteiger partial charge >= 0.3 is 6.03 Å². The number of hydrogen-bond donors (Lipinski definition) is 0. The van der Waals surface area contributed by atoms with Gasteiger partial charge in [-0.2, -0.15) is 0 Å². The van der Waals surface area contributed by atoms with Crippen LogP contribution in [0, 0.1) is 0 Å². The Hall–Kier alpha value is -1.22. The van der Waals surface area contributed by atoms with Crippen molar-refractivity contribution in [1.29, 1.82) is 0 Å².